The van der Waals surface area contributed by atoms with E-state index in [0.29, 0.717) is 0 Å². The number of nitrogens with one attached hydrogen (secondary N) is 1. The molecule has 2 aromatic rings. The Morgan fingerprint density at radius 1 is 1.12 bits per heavy atom. The third-order valence-corrected chi connectivity index (χ3v) is 3.12. The number of likely N-dealkylation sites (N-methyl/N-ethyl adjacent to an activating group) is 1. The number of amides is 2. The highest BCUT2D eigenvalue weighted by atomic mass is 19.4. The van der Waals surface area contributed by atoms with Gasteiger partial charge in [-0.1, -0.05) is 18.2 Å². The average Bonchev–Trinajstić information content (AvgIpc) is 2.54. The summed E-state index contributed by atoms with van der Waals surface area (Å²) < 4.78 is 38.7. The Balaban J connectivity index is 2.05. The molecule has 0 aliphatic rings. The number of carbonyl (C=O) groups is 2. The molecule has 0 atom stereocenters. The monoisotopic (exact) mass is 337 g/mol. The zero-order valence-corrected chi connectivity index (χ0v) is 12.7. The zero-order valence-electron chi connectivity index (χ0n) is 12.7. The van der Waals surface area contributed by atoms with Crippen molar-refractivity contribution >= 4 is 17.5 Å². The highest BCUT2D eigenvalue weighted by Crippen LogP contribution is 2.34. The van der Waals surface area contributed by atoms with E-state index in [1.807, 2.05) is 0 Å². The molecule has 0 radical (unpaired) electrons. The van der Waals surface area contributed by atoms with E-state index in [1.165, 1.54) is 31.4 Å². The smallest absolute Gasteiger partial charge is 0.331 e. The molecule has 0 bridgehead atoms. The van der Waals surface area contributed by atoms with Gasteiger partial charge in [0.15, 0.2) is 0 Å². The van der Waals surface area contributed by atoms with E-state index in [2.05, 4.69) is 10.3 Å². The van der Waals surface area contributed by atoms with Gasteiger partial charge in [0.1, 0.15) is 5.69 Å². The van der Waals surface area contributed by atoms with Crippen molar-refractivity contribution in [3.05, 3.63) is 59.9 Å². The van der Waals surface area contributed by atoms with Crippen LogP contribution in [0.2, 0.25) is 0 Å². The van der Waals surface area contributed by atoms with Crippen LogP contribution in [0.1, 0.15) is 16.1 Å². The minimum Gasteiger partial charge on any atom is -0.331 e. The Bertz CT molecular complexity index is 733. The van der Waals surface area contributed by atoms with Gasteiger partial charge in [0, 0.05) is 13.2 Å². The number of alkyl halides is 3. The summed E-state index contributed by atoms with van der Waals surface area (Å²) in [5.41, 5.74) is -1.16. The molecule has 8 heteroatoms. The van der Waals surface area contributed by atoms with Gasteiger partial charge >= 0.3 is 6.18 Å². The van der Waals surface area contributed by atoms with Crippen molar-refractivity contribution in [3.8, 4) is 0 Å². The second kappa shape index (κ2) is 7.12. The van der Waals surface area contributed by atoms with Crippen LogP contribution in [0.25, 0.3) is 0 Å². The third-order valence-electron chi connectivity index (χ3n) is 3.12. The van der Waals surface area contributed by atoms with Crippen molar-refractivity contribution in [2.75, 3.05) is 18.9 Å². The lowest BCUT2D eigenvalue weighted by Gasteiger charge is -2.18. The molecular weight excluding hydrogens is 323 g/mol. The van der Waals surface area contributed by atoms with Crippen LogP contribution < -0.4 is 5.32 Å². The molecule has 2 amide bonds. The Labute approximate surface area is 136 Å². The van der Waals surface area contributed by atoms with Gasteiger partial charge in [0.25, 0.3) is 5.91 Å². The van der Waals surface area contributed by atoms with Gasteiger partial charge in [-0.2, -0.15) is 13.2 Å². The minimum absolute atomic E-state index is 0.142. The second-order valence-corrected chi connectivity index (χ2v) is 4.97. The van der Waals surface area contributed by atoms with Crippen LogP contribution in [0.4, 0.5) is 18.9 Å². The number of anilines is 1. The SMILES string of the molecule is CN(CC(=O)Nc1ccccc1C(F)(F)F)C(=O)c1ccccn1. The average molecular weight is 337 g/mol. The molecule has 0 saturated carbocycles. The van der Waals surface area contributed by atoms with Crippen LogP contribution in [-0.4, -0.2) is 35.3 Å². The molecular formula is C16H14F3N3O2. The quantitative estimate of drug-likeness (QED) is 0.933. The number of hydrogen-bond donors (Lipinski definition) is 1. The highest BCUT2D eigenvalue weighted by molar-refractivity contribution is 5.98. The van der Waals surface area contributed by atoms with E-state index in [9.17, 15) is 22.8 Å². The van der Waals surface area contributed by atoms with Crippen molar-refractivity contribution < 1.29 is 22.8 Å². The first-order valence-electron chi connectivity index (χ1n) is 6.91. The maximum atomic E-state index is 12.9. The van der Waals surface area contributed by atoms with E-state index in [1.54, 1.807) is 12.1 Å². The van der Waals surface area contributed by atoms with Gasteiger partial charge in [0.2, 0.25) is 5.91 Å². The number of pyridine rings is 1. The first kappa shape index (κ1) is 17.5. The summed E-state index contributed by atoms with van der Waals surface area (Å²) in [4.78, 5) is 29.0. The van der Waals surface area contributed by atoms with Crippen LogP contribution in [-0.2, 0) is 11.0 Å². The lowest BCUT2D eigenvalue weighted by molar-refractivity contribution is -0.137. The zero-order chi connectivity index (χ0) is 17.7. The van der Waals surface area contributed by atoms with E-state index < -0.39 is 30.1 Å². The number of nitrogens with zero attached hydrogens (tertiary/aromatic N) is 2. The summed E-state index contributed by atoms with van der Waals surface area (Å²) >= 11 is 0. The van der Waals surface area contributed by atoms with Crippen molar-refractivity contribution in [1.29, 1.82) is 0 Å². The fraction of sp³-hybridized carbons (Fsp3) is 0.188. The lowest BCUT2D eigenvalue weighted by Crippen LogP contribution is -2.35. The number of aromatic nitrogens is 1. The number of para-hydroxylation sites is 1. The van der Waals surface area contributed by atoms with Gasteiger partial charge in [-0.25, -0.2) is 0 Å². The molecule has 0 spiro atoms. The maximum Gasteiger partial charge on any atom is 0.418 e. The summed E-state index contributed by atoms with van der Waals surface area (Å²) in [7, 11) is 1.37. The Morgan fingerprint density at radius 2 is 1.79 bits per heavy atom. The van der Waals surface area contributed by atoms with E-state index in [-0.39, 0.29) is 11.4 Å². The number of hydrogen-bond acceptors (Lipinski definition) is 3. The van der Waals surface area contributed by atoms with Crippen LogP contribution in [0.5, 0.6) is 0 Å². The number of benzene rings is 1. The van der Waals surface area contributed by atoms with Crippen LogP contribution >= 0.6 is 0 Å². The van der Waals surface area contributed by atoms with Crippen molar-refractivity contribution in [3.63, 3.8) is 0 Å². The molecule has 0 fully saturated rings. The second-order valence-electron chi connectivity index (χ2n) is 4.97. The topological polar surface area (TPSA) is 62.3 Å². The Morgan fingerprint density at radius 3 is 2.42 bits per heavy atom. The molecule has 0 unspecified atom stereocenters. The number of rotatable bonds is 4. The summed E-state index contributed by atoms with van der Waals surface area (Å²) in [5.74, 6) is -1.24. The number of carbonyl (C=O) groups excluding carboxylic acids is 2. The molecule has 0 aliphatic heterocycles. The van der Waals surface area contributed by atoms with Crippen molar-refractivity contribution in [1.82, 2.24) is 9.88 Å². The normalized spacial score (nSPS) is 11.0. The first-order valence-corrected chi connectivity index (χ1v) is 6.91. The molecule has 1 heterocycles. The maximum absolute atomic E-state index is 12.9. The van der Waals surface area contributed by atoms with Gasteiger partial charge in [-0.15, -0.1) is 0 Å². The van der Waals surface area contributed by atoms with Gasteiger partial charge in [-0.05, 0) is 24.3 Å². The standard InChI is InChI=1S/C16H14F3N3O2/c1-22(15(24)13-8-4-5-9-20-13)10-14(23)21-12-7-3-2-6-11(12)16(17,18)19/h2-9H,10H2,1H3,(H,21,23). The molecule has 24 heavy (non-hydrogen) atoms. The van der Waals surface area contributed by atoms with Crippen LogP contribution in [0.15, 0.2) is 48.7 Å². The minimum atomic E-state index is -4.58. The lowest BCUT2D eigenvalue weighted by atomic mass is 10.1. The van der Waals surface area contributed by atoms with Crippen molar-refractivity contribution in [2.45, 2.75) is 6.18 Å². The first-order chi connectivity index (χ1) is 11.3. The summed E-state index contributed by atoms with van der Waals surface area (Å²) in [5, 5.41) is 2.18. The fourth-order valence-electron chi connectivity index (χ4n) is 2.00. The van der Waals surface area contributed by atoms with Gasteiger partial charge in [0.05, 0.1) is 17.8 Å². The van der Waals surface area contributed by atoms with Crippen LogP contribution in [0.3, 0.4) is 0 Å². The summed E-state index contributed by atoms with van der Waals surface area (Å²) in [6.07, 6.45) is -3.15. The van der Waals surface area contributed by atoms with E-state index in [4.69, 9.17) is 0 Å². The molecule has 1 N–H and O–H groups in total. The summed E-state index contributed by atoms with van der Waals surface area (Å²) in [6, 6.07) is 9.38. The fourth-order valence-corrected chi connectivity index (χ4v) is 2.00. The largest absolute Gasteiger partial charge is 0.418 e. The van der Waals surface area contributed by atoms with Gasteiger partial charge in [-0.3, -0.25) is 14.6 Å². The molecule has 5 nitrogen and oxygen atoms in total. The molecule has 1 aromatic heterocycles. The summed E-state index contributed by atoms with van der Waals surface area (Å²) in [6.45, 7) is -0.401. The number of halogens is 3. The predicted octanol–water partition coefficient (Wildman–Crippen LogP) is 2.81. The Kier molecular flexibility index (Phi) is 5.18. The van der Waals surface area contributed by atoms with Crippen LogP contribution in [0, 0.1) is 0 Å². The van der Waals surface area contributed by atoms with Crippen molar-refractivity contribution in [2.24, 2.45) is 0 Å². The molecule has 0 aliphatic carbocycles. The molecule has 0 saturated heterocycles. The molecule has 1 aromatic carbocycles. The highest BCUT2D eigenvalue weighted by Gasteiger charge is 2.33. The predicted molar refractivity (Wildman–Crippen MR) is 81.3 cm³/mol. The molecule has 2 rings (SSSR count). The van der Waals surface area contributed by atoms with E-state index >= 15 is 0 Å². The van der Waals surface area contributed by atoms with E-state index in [0.717, 1.165) is 17.0 Å². The molecule has 126 valence electrons. The Hall–Kier alpha value is -2.90. The third kappa shape index (κ3) is 4.31. The van der Waals surface area contributed by atoms with Gasteiger partial charge < -0.3 is 10.2 Å².